The predicted octanol–water partition coefficient (Wildman–Crippen LogP) is 2.93. The molecule has 2 aromatic rings. The highest BCUT2D eigenvalue weighted by Gasteiger charge is 1.97. The van der Waals surface area contributed by atoms with Crippen LogP contribution in [0.25, 0.3) is 17.1 Å². The Morgan fingerprint density at radius 3 is 2.54 bits per heavy atom. The first-order valence-electron chi connectivity index (χ1n) is 3.85. The van der Waals surface area contributed by atoms with Crippen LogP contribution >= 0.6 is 11.6 Å². The molecule has 0 saturated carbocycles. The van der Waals surface area contributed by atoms with E-state index in [4.69, 9.17) is 11.6 Å². The lowest BCUT2D eigenvalue weighted by Gasteiger charge is -1.97. The van der Waals surface area contributed by atoms with Crippen molar-refractivity contribution in [1.82, 2.24) is 9.97 Å². The fourth-order valence-corrected chi connectivity index (χ4v) is 1.27. The molecule has 0 aromatic carbocycles. The molecular formula is C10H7ClN2. The van der Waals surface area contributed by atoms with Crippen LogP contribution in [0.1, 0.15) is 5.69 Å². The van der Waals surface area contributed by atoms with Gasteiger partial charge in [-0.1, -0.05) is 18.2 Å². The molecule has 13 heavy (non-hydrogen) atoms. The molecule has 0 aliphatic heterocycles. The van der Waals surface area contributed by atoms with Crippen LogP contribution in [0.15, 0.2) is 30.8 Å². The third-order valence-electron chi connectivity index (χ3n) is 1.74. The van der Waals surface area contributed by atoms with Gasteiger partial charge in [-0.2, -0.15) is 0 Å². The van der Waals surface area contributed by atoms with Gasteiger partial charge >= 0.3 is 0 Å². The Hall–Kier alpha value is -1.41. The van der Waals surface area contributed by atoms with E-state index < -0.39 is 0 Å². The van der Waals surface area contributed by atoms with E-state index >= 15 is 0 Å². The molecule has 0 N–H and O–H groups in total. The summed E-state index contributed by atoms with van der Waals surface area (Å²) < 4.78 is 0. The van der Waals surface area contributed by atoms with Gasteiger partial charge < -0.3 is 0 Å². The Bertz CT molecular complexity index is 465. The lowest BCUT2D eigenvalue weighted by Crippen LogP contribution is -1.85. The number of fused-ring (bicyclic) bond motifs is 1. The third kappa shape index (κ3) is 1.53. The lowest BCUT2D eigenvalue weighted by atomic mass is 10.3. The van der Waals surface area contributed by atoms with Gasteiger partial charge in [0.2, 0.25) is 0 Å². The average molecular weight is 191 g/mol. The van der Waals surface area contributed by atoms with Gasteiger partial charge in [0.1, 0.15) is 5.15 Å². The summed E-state index contributed by atoms with van der Waals surface area (Å²) in [5.41, 5.74) is 2.48. The molecule has 0 radical (unpaired) electrons. The monoisotopic (exact) mass is 190 g/mol. The smallest absolute Gasteiger partial charge is 0.129 e. The topological polar surface area (TPSA) is 25.8 Å². The van der Waals surface area contributed by atoms with E-state index in [0.717, 1.165) is 16.7 Å². The molecule has 0 bridgehead atoms. The second kappa shape index (κ2) is 3.15. The Morgan fingerprint density at radius 2 is 1.77 bits per heavy atom. The van der Waals surface area contributed by atoms with Crippen LogP contribution in [0.2, 0.25) is 5.15 Å². The maximum Gasteiger partial charge on any atom is 0.129 e. The molecule has 0 aliphatic rings. The van der Waals surface area contributed by atoms with Gasteiger partial charge in [0.15, 0.2) is 0 Å². The summed E-state index contributed by atoms with van der Waals surface area (Å²) in [6.07, 6.45) is 1.70. The Morgan fingerprint density at radius 1 is 1.08 bits per heavy atom. The summed E-state index contributed by atoms with van der Waals surface area (Å²) in [6, 6.07) is 7.31. The molecule has 0 saturated heterocycles. The highest BCUT2D eigenvalue weighted by Crippen LogP contribution is 2.14. The van der Waals surface area contributed by atoms with Gasteiger partial charge in [-0.15, -0.1) is 0 Å². The molecule has 3 heteroatoms. The molecule has 0 atom stereocenters. The summed E-state index contributed by atoms with van der Waals surface area (Å²) in [4.78, 5) is 8.42. The Balaban J connectivity index is 2.73. The number of hydrogen-bond acceptors (Lipinski definition) is 2. The molecule has 0 amide bonds. The lowest BCUT2D eigenvalue weighted by molar-refractivity contribution is 1.32. The van der Waals surface area contributed by atoms with Crippen molar-refractivity contribution in [2.45, 2.75) is 0 Å². The van der Waals surface area contributed by atoms with E-state index in [2.05, 4.69) is 16.5 Å². The van der Waals surface area contributed by atoms with Gasteiger partial charge in [0.25, 0.3) is 0 Å². The number of rotatable bonds is 1. The molecular weight excluding hydrogens is 184 g/mol. The van der Waals surface area contributed by atoms with Crippen LogP contribution in [0.3, 0.4) is 0 Å². The summed E-state index contributed by atoms with van der Waals surface area (Å²) >= 11 is 5.73. The maximum absolute atomic E-state index is 5.73. The van der Waals surface area contributed by atoms with Crippen LogP contribution in [0.5, 0.6) is 0 Å². The minimum absolute atomic E-state index is 0.487. The van der Waals surface area contributed by atoms with Crippen molar-refractivity contribution in [3.8, 4) is 0 Å². The fourth-order valence-electron chi connectivity index (χ4n) is 1.11. The second-order valence-electron chi connectivity index (χ2n) is 2.61. The van der Waals surface area contributed by atoms with Crippen molar-refractivity contribution in [2.24, 2.45) is 0 Å². The first kappa shape index (κ1) is 8.20. The molecule has 2 nitrogen and oxygen atoms in total. The number of nitrogens with zero attached hydrogens (tertiary/aromatic N) is 2. The number of pyridine rings is 2. The average Bonchev–Trinajstić information content (AvgIpc) is 2.17. The van der Waals surface area contributed by atoms with Crippen molar-refractivity contribution in [2.75, 3.05) is 0 Å². The number of aromatic nitrogens is 2. The van der Waals surface area contributed by atoms with Crippen LogP contribution < -0.4 is 0 Å². The standard InChI is InChI=1S/C10H7ClN2/c1-2-7-3-4-9-8(12-7)5-6-10(11)13-9/h2-6H,1H2. The number of hydrogen-bond donors (Lipinski definition) is 0. The van der Waals surface area contributed by atoms with Crippen molar-refractivity contribution in [3.05, 3.63) is 41.7 Å². The van der Waals surface area contributed by atoms with Gasteiger partial charge in [-0.25, -0.2) is 9.97 Å². The van der Waals surface area contributed by atoms with Gasteiger partial charge in [0.05, 0.1) is 16.7 Å². The maximum atomic E-state index is 5.73. The molecule has 2 aromatic heterocycles. The molecule has 2 rings (SSSR count). The highest BCUT2D eigenvalue weighted by molar-refractivity contribution is 6.29. The SMILES string of the molecule is C=Cc1ccc2nc(Cl)ccc2n1. The summed E-state index contributed by atoms with van der Waals surface area (Å²) in [5.74, 6) is 0. The first-order valence-corrected chi connectivity index (χ1v) is 4.23. The van der Waals surface area contributed by atoms with Crippen molar-refractivity contribution in [1.29, 1.82) is 0 Å². The largest absolute Gasteiger partial charge is 0.247 e. The molecule has 0 fully saturated rings. The minimum atomic E-state index is 0.487. The molecule has 64 valence electrons. The summed E-state index contributed by atoms with van der Waals surface area (Å²) in [7, 11) is 0. The second-order valence-corrected chi connectivity index (χ2v) is 3.00. The van der Waals surface area contributed by atoms with Crippen LogP contribution in [-0.2, 0) is 0 Å². The van der Waals surface area contributed by atoms with E-state index in [-0.39, 0.29) is 0 Å². The zero-order valence-electron chi connectivity index (χ0n) is 6.87. The minimum Gasteiger partial charge on any atom is -0.247 e. The van der Waals surface area contributed by atoms with Gasteiger partial charge in [0, 0.05) is 0 Å². The fraction of sp³-hybridized carbons (Fsp3) is 0. The van der Waals surface area contributed by atoms with Crippen LogP contribution in [-0.4, -0.2) is 9.97 Å². The van der Waals surface area contributed by atoms with Crippen LogP contribution in [0, 0.1) is 0 Å². The normalized spacial score (nSPS) is 10.2. The zero-order valence-corrected chi connectivity index (χ0v) is 7.62. The number of halogens is 1. The van der Waals surface area contributed by atoms with Crippen molar-refractivity contribution in [3.63, 3.8) is 0 Å². The van der Waals surface area contributed by atoms with E-state index in [1.807, 2.05) is 18.2 Å². The van der Waals surface area contributed by atoms with E-state index in [1.165, 1.54) is 0 Å². The summed E-state index contributed by atoms with van der Waals surface area (Å²) in [6.45, 7) is 3.65. The van der Waals surface area contributed by atoms with E-state index in [0.29, 0.717) is 5.15 Å². The zero-order chi connectivity index (χ0) is 9.26. The van der Waals surface area contributed by atoms with Gasteiger partial charge in [-0.3, -0.25) is 0 Å². The first-order chi connectivity index (χ1) is 6.29. The molecule has 0 aliphatic carbocycles. The molecule has 0 spiro atoms. The van der Waals surface area contributed by atoms with Crippen LogP contribution in [0.4, 0.5) is 0 Å². The van der Waals surface area contributed by atoms with E-state index in [1.54, 1.807) is 12.1 Å². The Labute approximate surface area is 80.9 Å². The quantitative estimate of drug-likeness (QED) is 0.647. The van der Waals surface area contributed by atoms with E-state index in [9.17, 15) is 0 Å². The Kier molecular flexibility index (Phi) is 1.99. The van der Waals surface area contributed by atoms with Crippen molar-refractivity contribution < 1.29 is 0 Å². The van der Waals surface area contributed by atoms with Crippen molar-refractivity contribution >= 4 is 28.7 Å². The third-order valence-corrected chi connectivity index (χ3v) is 1.95. The predicted molar refractivity (Wildman–Crippen MR) is 54.6 cm³/mol. The molecule has 0 unspecified atom stereocenters. The summed E-state index contributed by atoms with van der Waals surface area (Å²) in [5, 5.41) is 0.487. The van der Waals surface area contributed by atoms with Gasteiger partial charge in [-0.05, 0) is 30.3 Å². The highest BCUT2D eigenvalue weighted by atomic mass is 35.5. The molecule has 2 heterocycles.